The van der Waals surface area contributed by atoms with E-state index in [9.17, 15) is 0 Å². The minimum atomic E-state index is 0.0581. The van der Waals surface area contributed by atoms with Crippen LogP contribution in [0.1, 0.15) is 24.5 Å². The van der Waals surface area contributed by atoms with Crippen LogP contribution in [-0.2, 0) is 4.74 Å². The number of rotatable bonds is 8. The molecular weight excluding hydrogens is 226 g/mol. The van der Waals surface area contributed by atoms with Gasteiger partial charge in [0.2, 0.25) is 0 Å². The fraction of sp³-hybridized carbons (Fsp3) is 0.600. The van der Waals surface area contributed by atoms with E-state index >= 15 is 0 Å². The number of hydrogen-bond acceptors (Lipinski definition) is 3. The zero-order valence-corrected chi connectivity index (χ0v) is 12.0. The molecule has 102 valence electrons. The predicted molar refractivity (Wildman–Crippen MR) is 75.4 cm³/mol. The number of methoxy groups -OCH3 is 1. The van der Waals surface area contributed by atoms with Crippen LogP contribution >= 0.6 is 0 Å². The van der Waals surface area contributed by atoms with E-state index in [0.717, 1.165) is 25.3 Å². The summed E-state index contributed by atoms with van der Waals surface area (Å²) in [5, 5.41) is 3.36. The first-order valence-corrected chi connectivity index (χ1v) is 6.60. The third-order valence-electron chi connectivity index (χ3n) is 2.65. The van der Waals surface area contributed by atoms with Crippen molar-refractivity contribution in [1.82, 2.24) is 5.32 Å². The van der Waals surface area contributed by atoms with Gasteiger partial charge in [-0.3, -0.25) is 0 Å². The second kappa shape index (κ2) is 8.11. The van der Waals surface area contributed by atoms with E-state index in [2.05, 4.69) is 44.3 Å². The third kappa shape index (κ3) is 5.52. The summed E-state index contributed by atoms with van der Waals surface area (Å²) in [6.07, 6.45) is 1.19. The molecule has 1 rings (SSSR count). The average molecular weight is 251 g/mol. The van der Waals surface area contributed by atoms with E-state index in [0.29, 0.717) is 6.61 Å². The quantitative estimate of drug-likeness (QED) is 0.721. The van der Waals surface area contributed by atoms with E-state index in [1.165, 1.54) is 11.1 Å². The summed E-state index contributed by atoms with van der Waals surface area (Å²) in [7, 11) is 1.71. The van der Waals surface area contributed by atoms with Crippen LogP contribution in [0.3, 0.4) is 0 Å². The Morgan fingerprint density at radius 2 is 1.83 bits per heavy atom. The van der Waals surface area contributed by atoms with E-state index in [1.807, 2.05) is 0 Å². The lowest BCUT2D eigenvalue weighted by atomic mass is 10.1. The Morgan fingerprint density at radius 3 is 2.39 bits per heavy atom. The first-order valence-electron chi connectivity index (χ1n) is 6.60. The van der Waals surface area contributed by atoms with Gasteiger partial charge in [-0.05, 0) is 50.1 Å². The molecule has 3 heteroatoms. The minimum Gasteiger partial charge on any atom is -0.487 e. The standard InChI is InChI=1S/C15H25NO2/c1-5-6-16-10-15(11-17-4)18-14-8-12(2)7-13(3)9-14/h7-9,15-16H,5-6,10-11H2,1-4H3. The highest BCUT2D eigenvalue weighted by Gasteiger charge is 2.10. The average Bonchev–Trinajstić information content (AvgIpc) is 2.28. The number of aryl methyl sites for hydroxylation is 2. The van der Waals surface area contributed by atoms with Crippen molar-refractivity contribution >= 4 is 0 Å². The van der Waals surface area contributed by atoms with Crippen molar-refractivity contribution < 1.29 is 9.47 Å². The number of ether oxygens (including phenoxy) is 2. The van der Waals surface area contributed by atoms with E-state index in [-0.39, 0.29) is 6.10 Å². The van der Waals surface area contributed by atoms with Crippen LogP contribution in [-0.4, -0.2) is 32.9 Å². The molecule has 0 spiro atoms. The van der Waals surface area contributed by atoms with Crippen LogP contribution in [0, 0.1) is 13.8 Å². The monoisotopic (exact) mass is 251 g/mol. The van der Waals surface area contributed by atoms with Crippen molar-refractivity contribution in [3.8, 4) is 5.75 Å². The molecule has 0 bridgehead atoms. The van der Waals surface area contributed by atoms with Gasteiger partial charge in [0.05, 0.1) is 6.61 Å². The Bertz CT molecular complexity index is 332. The normalized spacial score (nSPS) is 12.4. The maximum absolute atomic E-state index is 5.98. The maximum Gasteiger partial charge on any atom is 0.134 e. The Morgan fingerprint density at radius 1 is 1.17 bits per heavy atom. The van der Waals surface area contributed by atoms with Gasteiger partial charge in [0.1, 0.15) is 11.9 Å². The molecule has 0 amide bonds. The number of hydrogen-bond donors (Lipinski definition) is 1. The summed E-state index contributed by atoms with van der Waals surface area (Å²) in [5.74, 6) is 0.924. The van der Waals surface area contributed by atoms with Crippen molar-refractivity contribution in [1.29, 1.82) is 0 Å². The molecule has 3 nitrogen and oxygen atoms in total. The molecule has 0 heterocycles. The van der Waals surface area contributed by atoms with Crippen LogP contribution < -0.4 is 10.1 Å². The molecule has 0 aliphatic heterocycles. The van der Waals surface area contributed by atoms with Crippen molar-refractivity contribution in [2.45, 2.75) is 33.3 Å². The fourth-order valence-corrected chi connectivity index (χ4v) is 1.95. The van der Waals surface area contributed by atoms with Crippen LogP contribution in [0.25, 0.3) is 0 Å². The van der Waals surface area contributed by atoms with E-state index in [4.69, 9.17) is 9.47 Å². The van der Waals surface area contributed by atoms with Crippen LogP contribution in [0.15, 0.2) is 18.2 Å². The third-order valence-corrected chi connectivity index (χ3v) is 2.65. The lowest BCUT2D eigenvalue weighted by molar-refractivity contribution is 0.0807. The smallest absolute Gasteiger partial charge is 0.134 e. The molecule has 0 aliphatic carbocycles. The number of benzene rings is 1. The second-order valence-electron chi connectivity index (χ2n) is 4.72. The SMILES string of the molecule is CCCNCC(COC)Oc1cc(C)cc(C)c1. The summed E-state index contributed by atoms with van der Waals surface area (Å²) >= 11 is 0. The Kier molecular flexibility index (Phi) is 6.76. The van der Waals surface area contributed by atoms with E-state index < -0.39 is 0 Å². The van der Waals surface area contributed by atoms with Crippen molar-refractivity contribution in [2.75, 3.05) is 26.8 Å². The molecule has 0 radical (unpaired) electrons. The van der Waals surface area contributed by atoms with Crippen LogP contribution in [0.2, 0.25) is 0 Å². The molecule has 1 atom stereocenters. The Hall–Kier alpha value is -1.06. The molecular formula is C15H25NO2. The Balaban J connectivity index is 2.58. The second-order valence-corrected chi connectivity index (χ2v) is 4.72. The molecule has 0 saturated heterocycles. The van der Waals surface area contributed by atoms with Crippen LogP contribution in [0.5, 0.6) is 5.75 Å². The molecule has 0 saturated carbocycles. The van der Waals surface area contributed by atoms with Gasteiger partial charge in [-0.15, -0.1) is 0 Å². The first kappa shape index (κ1) is 15.0. The lowest BCUT2D eigenvalue weighted by Crippen LogP contribution is -2.35. The molecule has 18 heavy (non-hydrogen) atoms. The zero-order chi connectivity index (χ0) is 13.4. The van der Waals surface area contributed by atoms with Gasteiger partial charge < -0.3 is 14.8 Å². The lowest BCUT2D eigenvalue weighted by Gasteiger charge is -2.19. The summed E-state index contributed by atoms with van der Waals surface area (Å²) in [4.78, 5) is 0. The van der Waals surface area contributed by atoms with Crippen LogP contribution in [0.4, 0.5) is 0 Å². The van der Waals surface area contributed by atoms with Gasteiger partial charge in [-0.2, -0.15) is 0 Å². The van der Waals surface area contributed by atoms with Gasteiger partial charge in [-0.1, -0.05) is 13.0 Å². The highest BCUT2D eigenvalue weighted by atomic mass is 16.5. The van der Waals surface area contributed by atoms with Gasteiger partial charge in [0.25, 0.3) is 0 Å². The highest BCUT2D eigenvalue weighted by molar-refractivity contribution is 5.33. The topological polar surface area (TPSA) is 30.5 Å². The van der Waals surface area contributed by atoms with Gasteiger partial charge >= 0.3 is 0 Å². The van der Waals surface area contributed by atoms with Crippen molar-refractivity contribution in [3.63, 3.8) is 0 Å². The molecule has 0 aliphatic rings. The number of nitrogens with one attached hydrogen (secondary N) is 1. The van der Waals surface area contributed by atoms with E-state index in [1.54, 1.807) is 7.11 Å². The molecule has 0 fully saturated rings. The fourth-order valence-electron chi connectivity index (χ4n) is 1.95. The maximum atomic E-state index is 5.98. The molecule has 1 aromatic rings. The van der Waals surface area contributed by atoms with Gasteiger partial charge in [0.15, 0.2) is 0 Å². The highest BCUT2D eigenvalue weighted by Crippen LogP contribution is 2.17. The summed E-state index contributed by atoms with van der Waals surface area (Å²) in [5.41, 5.74) is 2.45. The predicted octanol–water partition coefficient (Wildman–Crippen LogP) is 2.70. The summed E-state index contributed by atoms with van der Waals surface area (Å²) in [6.45, 7) is 8.75. The molecule has 0 aromatic heterocycles. The molecule has 1 aromatic carbocycles. The van der Waals surface area contributed by atoms with Crippen molar-refractivity contribution in [3.05, 3.63) is 29.3 Å². The zero-order valence-electron chi connectivity index (χ0n) is 12.0. The molecule has 1 N–H and O–H groups in total. The van der Waals surface area contributed by atoms with Crippen molar-refractivity contribution in [2.24, 2.45) is 0 Å². The molecule has 1 unspecified atom stereocenters. The first-order chi connectivity index (χ1) is 8.65. The largest absolute Gasteiger partial charge is 0.487 e. The van der Waals surface area contributed by atoms with Gasteiger partial charge in [0, 0.05) is 13.7 Å². The van der Waals surface area contributed by atoms with Gasteiger partial charge in [-0.25, -0.2) is 0 Å². The minimum absolute atomic E-state index is 0.0581. The summed E-state index contributed by atoms with van der Waals surface area (Å²) in [6, 6.07) is 6.28. The summed E-state index contributed by atoms with van der Waals surface area (Å²) < 4.78 is 11.2. The Labute approximate surface area is 110 Å².